The Labute approximate surface area is 391 Å². The summed E-state index contributed by atoms with van der Waals surface area (Å²) >= 11 is 0. The molecular weight excluding hydrogens is 827 g/mol. The molecule has 1 aliphatic rings. The van der Waals surface area contributed by atoms with Gasteiger partial charge in [-0.15, -0.1) is 0 Å². The van der Waals surface area contributed by atoms with Gasteiger partial charge in [-0.3, -0.25) is 0 Å². The number of furan rings is 1. The molecule has 0 fully saturated rings. The van der Waals surface area contributed by atoms with Crippen molar-refractivity contribution in [3.8, 4) is 44.5 Å². The molecule has 1 aliphatic heterocycles. The second-order valence-electron chi connectivity index (χ2n) is 17.6. The van der Waals surface area contributed by atoms with Crippen LogP contribution in [0.25, 0.3) is 77.2 Å². The van der Waals surface area contributed by atoms with Gasteiger partial charge in [0, 0.05) is 16.8 Å². The summed E-state index contributed by atoms with van der Waals surface area (Å²) in [4.78, 5) is 2.46. The van der Waals surface area contributed by atoms with Crippen molar-refractivity contribution >= 4 is 78.6 Å². The van der Waals surface area contributed by atoms with E-state index in [1.54, 1.807) is 0 Å². The van der Waals surface area contributed by atoms with E-state index in [-0.39, 0.29) is 0 Å². The lowest BCUT2D eigenvalue weighted by molar-refractivity contribution is 0.669. The highest BCUT2D eigenvalue weighted by molar-refractivity contribution is 7.22. The Morgan fingerprint density at radius 2 is 0.866 bits per heavy atom. The topological polar surface area (TPSA) is 16.4 Å². The van der Waals surface area contributed by atoms with Crippen LogP contribution in [0.1, 0.15) is 0 Å². The average molecular weight is 870 g/mol. The maximum absolute atomic E-state index is 6.75. The smallest absolute Gasteiger partial charge is 0.180 e. The molecule has 314 valence electrons. The molecule has 11 aromatic carbocycles. The fourth-order valence-corrected chi connectivity index (χ4v) is 16.1. The maximum atomic E-state index is 6.75. The number of nitrogens with zero attached hydrogens (tertiary/aromatic N) is 1. The van der Waals surface area contributed by atoms with Crippen molar-refractivity contribution in [1.29, 1.82) is 0 Å². The summed E-state index contributed by atoms with van der Waals surface area (Å²) in [6.45, 7) is 0. The normalized spacial score (nSPS) is 12.6. The average Bonchev–Trinajstić information content (AvgIpc) is 3.93. The zero-order chi connectivity index (χ0) is 44.3. The molecule has 0 aliphatic carbocycles. The predicted molar refractivity (Wildman–Crippen MR) is 285 cm³/mol. The van der Waals surface area contributed by atoms with E-state index in [2.05, 4.69) is 266 Å². The summed E-state index contributed by atoms with van der Waals surface area (Å²) < 4.78 is 6.75. The molecule has 0 unspecified atom stereocenters. The lowest BCUT2D eigenvalue weighted by atomic mass is 9.97. The molecule has 67 heavy (non-hydrogen) atoms. The van der Waals surface area contributed by atoms with Crippen molar-refractivity contribution in [1.82, 2.24) is 0 Å². The van der Waals surface area contributed by atoms with Crippen molar-refractivity contribution in [2.45, 2.75) is 0 Å². The molecule has 0 amide bonds. The minimum Gasteiger partial charge on any atom is -0.456 e. The molecular formula is C64H43NOSi. The van der Waals surface area contributed by atoms with E-state index >= 15 is 0 Å². The van der Waals surface area contributed by atoms with E-state index < -0.39 is 8.07 Å². The molecule has 12 aromatic rings. The van der Waals surface area contributed by atoms with Gasteiger partial charge in [0.25, 0.3) is 0 Å². The van der Waals surface area contributed by atoms with Gasteiger partial charge in [0.05, 0.1) is 11.1 Å². The quantitative estimate of drug-likeness (QED) is 0.141. The summed E-state index contributed by atoms with van der Waals surface area (Å²) in [5.74, 6) is 0. The molecule has 0 atom stereocenters. The maximum Gasteiger partial charge on any atom is 0.180 e. The number of hydrogen-bond acceptors (Lipinski definition) is 2. The summed E-state index contributed by atoms with van der Waals surface area (Å²) in [6.07, 6.45) is 0. The number of rotatable bonds is 8. The Hall–Kier alpha value is -8.50. The van der Waals surface area contributed by atoms with Crippen LogP contribution in [-0.4, -0.2) is 8.07 Å². The van der Waals surface area contributed by atoms with Crippen LogP contribution >= 0.6 is 0 Å². The van der Waals surface area contributed by atoms with Crippen LogP contribution in [0.4, 0.5) is 17.1 Å². The minimum absolute atomic E-state index is 0.854. The fourth-order valence-electron chi connectivity index (χ4n) is 10.9. The van der Waals surface area contributed by atoms with Gasteiger partial charge in [0.15, 0.2) is 8.07 Å². The second-order valence-corrected chi connectivity index (χ2v) is 21.3. The van der Waals surface area contributed by atoms with Gasteiger partial charge in [-0.25, -0.2) is 0 Å². The van der Waals surface area contributed by atoms with Gasteiger partial charge >= 0.3 is 0 Å². The van der Waals surface area contributed by atoms with Crippen LogP contribution in [0.2, 0.25) is 0 Å². The SMILES string of the molecule is c1ccc(-c2ccc(-c3ccc4oc5cccc(N(c6ccc(-c7cccc8ccccc78)cc6)c6ccc7c(c6)[Si](c6ccccc6)(c6ccccc6)c6ccccc6-7)c5c4c3)cc2)cc1. The monoisotopic (exact) mass is 869 g/mol. The van der Waals surface area contributed by atoms with Gasteiger partial charge in [0.1, 0.15) is 11.2 Å². The zero-order valence-electron chi connectivity index (χ0n) is 36.7. The molecule has 0 N–H and O–H groups in total. The van der Waals surface area contributed by atoms with Gasteiger partial charge in [-0.2, -0.15) is 0 Å². The second kappa shape index (κ2) is 15.9. The summed E-state index contributed by atoms with van der Waals surface area (Å²) in [6, 6.07) is 95.8. The number of hydrogen-bond donors (Lipinski definition) is 0. The first-order valence-electron chi connectivity index (χ1n) is 23.1. The Balaban J connectivity index is 1.03. The van der Waals surface area contributed by atoms with E-state index in [0.717, 1.165) is 50.1 Å². The van der Waals surface area contributed by atoms with Crippen molar-refractivity contribution < 1.29 is 4.42 Å². The van der Waals surface area contributed by atoms with Gasteiger partial charge in [-0.05, 0) is 125 Å². The molecule has 3 heteroatoms. The molecule has 0 radical (unpaired) electrons. The highest BCUT2D eigenvalue weighted by atomic mass is 28.3. The molecule has 0 saturated heterocycles. The van der Waals surface area contributed by atoms with Crippen LogP contribution in [0.3, 0.4) is 0 Å². The third-order valence-corrected chi connectivity index (χ3v) is 18.8. The standard InChI is InChI=1S/C64H43NOSi/c1-4-16-44(17-5-1)45-30-32-46(33-31-45)49-36-41-60-58(42-49)64-59(27-15-28-61(64)66-60)65(50-37-34-48(35-38-50)55-26-14-19-47-18-10-11-24-54(47)55)51-39-40-57-56-25-12-13-29-62(56)67(63(57)43-51,52-20-6-2-7-21-52)53-22-8-3-9-23-53/h1-43H. The van der Waals surface area contributed by atoms with E-state index in [1.807, 2.05) is 0 Å². The van der Waals surface area contributed by atoms with E-state index in [9.17, 15) is 0 Å². The third-order valence-electron chi connectivity index (χ3n) is 14.0. The molecule has 2 nitrogen and oxygen atoms in total. The first-order valence-corrected chi connectivity index (χ1v) is 25.1. The van der Waals surface area contributed by atoms with Crippen molar-refractivity contribution in [3.05, 3.63) is 261 Å². The fraction of sp³-hybridized carbons (Fsp3) is 0. The molecule has 0 bridgehead atoms. The molecule has 13 rings (SSSR count). The lowest BCUT2D eigenvalue weighted by Gasteiger charge is -2.33. The summed E-state index contributed by atoms with van der Waals surface area (Å²) in [5, 5.41) is 10.2. The van der Waals surface area contributed by atoms with E-state index in [1.165, 1.54) is 64.9 Å². The van der Waals surface area contributed by atoms with Crippen molar-refractivity contribution in [3.63, 3.8) is 0 Å². The van der Waals surface area contributed by atoms with Gasteiger partial charge in [-0.1, -0.05) is 212 Å². The molecule has 0 spiro atoms. The number of benzene rings is 11. The highest BCUT2D eigenvalue weighted by Crippen LogP contribution is 2.45. The molecule has 0 saturated carbocycles. The Kier molecular flexibility index (Phi) is 9.22. The highest BCUT2D eigenvalue weighted by Gasteiger charge is 2.48. The Morgan fingerprint density at radius 1 is 0.313 bits per heavy atom. The van der Waals surface area contributed by atoms with Crippen molar-refractivity contribution in [2.75, 3.05) is 4.90 Å². The van der Waals surface area contributed by atoms with Crippen LogP contribution in [-0.2, 0) is 0 Å². The largest absolute Gasteiger partial charge is 0.456 e. The summed E-state index contributed by atoms with van der Waals surface area (Å²) in [7, 11) is -2.78. The summed E-state index contributed by atoms with van der Waals surface area (Å²) in [5.41, 5.74) is 14.7. The number of anilines is 3. The predicted octanol–water partition coefficient (Wildman–Crippen LogP) is 14.6. The van der Waals surface area contributed by atoms with Gasteiger partial charge < -0.3 is 9.32 Å². The number of fused-ring (bicyclic) bond motifs is 7. The van der Waals surface area contributed by atoms with Crippen LogP contribution in [0.5, 0.6) is 0 Å². The molecule has 2 heterocycles. The van der Waals surface area contributed by atoms with Crippen LogP contribution in [0, 0.1) is 0 Å². The van der Waals surface area contributed by atoms with E-state index in [0.29, 0.717) is 0 Å². The third kappa shape index (κ3) is 6.31. The first kappa shape index (κ1) is 38.9. The van der Waals surface area contributed by atoms with E-state index in [4.69, 9.17) is 4.42 Å². The van der Waals surface area contributed by atoms with Crippen molar-refractivity contribution in [2.24, 2.45) is 0 Å². The van der Waals surface area contributed by atoms with Gasteiger partial charge in [0.2, 0.25) is 0 Å². The Bertz CT molecular complexity index is 3740. The first-order chi connectivity index (χ1) is 33.2. The molecule has 1 aromatic heterocycles. The van der Waals surface area contributed by atoms with Crippen LogP contribution < -0.4 is 25.6 Å². The van der Waals surface area contributed by atoms with Crippen LogP contribution in [0.15, 0.2) is 265 Å². The lowest BCUT2D eigenvalue weighted by Crippen LogP contribution is -2.72. The Morgan fingerprint density at radius 3 is 1.63 bits per heavy atom. The minimum atomic E-state index is -2.78. The zero-order valence-corrected chi connectivity index (χ0v) is 37.7.